The molecule has 2 aromatic rings. The minimum atomic E-state index is -0.596. The summed E-state index contributed by atoms with van der Waals surface area (Å²) < 4.78 is 0. The van der Waals surface area contributed by atoms with Gasteiger partial charge in [-0.15, -0.1) is 0 Å². The van der Waals surface area contributed by atoms with E-state index < -0.39 is 6.10 Å². The third-order valence-corrected chi connectivity index (χ3v) is 2.30. The average molecular weight is 188 g/mol. The predicted octanol–water partition coefficient (Wildman–Crippen LogP) is 1.23. The minimum absolute atomic E-state index is 0.238. The van der Waals surface area contributed by atoms with Gasteiger partial charge in [0.25, 0.3) is 0 Å². The Balaban J connectivity index is 2.65. The first-order valence-corrected chi connectivity index (χ1v) is 4.53. The normalized spacial score (nSPS) is 13.0. The molecule has 0 spiro atoms. The standard InChI is InChI=1S/C11H12N2O/c12-6-11(14)10-3-1-2-8-7-13-5-4-9(8)10/h1-5,7,11,14H,6,12H2/t11-/m0/s1. The topological polar surface area (TPSA) is 59.1 Å². The SMILES string of the molecule is NC[C@H](O)c1cccc2cnccc12. The zero-order valence-electron chi connectivity index (χ0n) is 7.72. The van der Waals surface area contributed by atoms with E-state index in [9.17, 15) is 5.11 Å². The lowest BCUT2D eigenvalue weighted by Gasteiger charge is -2.10. The van der Waals surface area contributed by atoms with Crippen LogP contribution in [-0.4, -0.2) is 16.6 Å². The molecule has 0 saturated carbocycles. The molecule has 0 aliphatic rings. The Bertz CT molecular complexity index is 437. The number of hydrogen-bond acceptors (Lipinski definition) is 3. The first-order chi connectivity index (χ1) is 6.83. The van der Waals surface area contributed by atoms with E-state index in [-0.39, 0.29) is 6.54 Å². The second-order valence-electron chi connectivity index (χ2n) is 3.20. The molecule has 0 radical (unpaired) electrons. The third-order valence-electron chi connectivity index (χ3n) is 2.30. The summed E-state index contributed by atoms with van der Waals surface area (Å²) in [5, 5.41) is 11.7. The summed E-state index contributed by atoms with van der Waals surface area (Å²) >= 11 is 0. The highest BCUT2D eigenvalue weighted by Gasteiger charge is 2.08. The fourth-order valence-corrected chi connectivity index (χ4v) is 1.57. The maximum atomic E-state index is 9.68. The van der Waals surface area contributed by atoms with E-state index in [4.69, 9.17) is 5.73 Å². The van der Waals surface area contributed by atoms with Crippen molar-refractivity contribution >= 4 is 10.8 Å². The molecule has 2 rings (SSSR count). The molecule has 1 aromatic carbocycles. The van der Waals surface area contributed by atoms with Crippen LogP contribution >= 0.6 is 0 Å². The zero-order valence-corrected chi connectivity index (χ0v) is 7.72. The number of nitrogens with zero attached hydrogens (tertiary/aromatic N) is 1. The van der Waals surface area contributed by atoms with Crippen LogP contribution < -0.4 is 5.73 Å². The van der Waals surface area contributed by atoms with Crippen LogP contribution in [0.4, 0.5) is 0 Å². The number of benzene rings is 1. The molecular weight excluding hydrogens is 176 g/mol. The number of aromatic nitrogens is 1. The van der Waals surface area contributed by atoms with Gasteiger partial charge in [-0.1, -0.05) is 18.2 Å². The number of rotatable bonds is 2. The minimum Gasteiger partial charge on any atom is -0.387 e. The van der Waals surface area contributed by atoms with Crippen molar-refractivity contribution < 1.29 is 5.11 Å². The second-order valence-corrected chi connectivity index (χ2v) is 3.20. The molecule has 0 aliphatic carbocycles. The van der Waals surface area contributed by atoms with E-state index in [2.05, 4.69) is 4.98 Å². The third kappa shape index (κ3) is 1.47. The lowest BCUT2D eigenvalue weighted by atomic mass is 10.0. The van der Waals surface area contributed by atoms with Gasteiger partial charge in [0.15, 0.2) is 0 Å². The molecular formula is C11H12N2O. The summed E-state index contributed by atoms with van der Waals surface area (Å²) in [6, 6.07) is 7.65. The van der Waals surface area contributed by atoms with Gasteiger partial charge in [0.2, 0.25) is 0 Å². The van der Waals surface area contributed by atoms with Gasteiger partial charge in [-0.2, -0.15) is 0 Å². The number of aliphatic hydroxyl groups excluding tert-OH is 1. The Morgan fingerprint density at radius 3 is 3.00 bits per heavy atom. The summed E-state index contributed by atoms with van der Waals surface area (Å²) in [6.07, 6.45) is 2.90. The molecule has 0 aliphatic heterocycles. The Morgan fingerprint density at radius 2 is 2.21 bits per heavy atom. The van der Waals surface area contributed by atoms with Crippen molar-refractivity contribution in [1.82, 2.24) is 4.98 Å². The Kier molecular flexibility index (Phi) is 2.43. The molecule has 3 heteroatoms. The number of nitrogens with two attached hydrogens (primary N) is 1. The highest BCUT2D eigenvalue weighted by molar-refractivity contribution is 5.85. The van der Waals surface area contributed by atoms with Crippen LogP contribution in [0.3, 0.4) is 0 Å². The molecule has 72 valence electrons. The Labute approximate surface area is 82.2 Å². The fraction of sp³-hybridized carbons (Fsp3) is 0.182. The van der Waals surface area contributed by atoms with Crippen LogP contribution in [0.2, 0.25) is 0 Å². The smallest absolute Gasteiger partial charge is 0.0918 e. The molecule has 3 N–H and O–H groups in total. The molecule has 14 heavy (non-hydrogen) atoms. The van der Waals surface area contributed by atoms with Crippen LogP contribution in [0.5, 0.6) is 0 Å². The van der Waals surface area contributed by atoms with E-state index in [0.717, 1.165) is 16.3 Å². The van der Waals surface area contributed by atoms with Gasteiger partial charge in [0.1, 0.15) is 0 Å². The number of hydrogen-bond donors (Lipinski definition) is 2. The van der Waals surface area contributed by atoms with E-state index in [1.807, 2.05) is 24.3 Å². The Morgan fingerprint density at radius 1 is 1.36 bits per heavy atom. The monoisotopic (exact) mass is 188 g/mol. The molecule has 1 aromatic heterocycles. The van der Waals surface area contributed by atoms with Crippen LogP contribution in [-0.2, 0) is 0 Å². The van der Waals surface area contributed by atoms with Crippen LogP contribution in [0.15, 0.2) is 36.7 Å². The highest BCUT2D eigenvalue weighted by Crippen LogP contribution is 2.22. The number of fused-ring (bicyclic) bond motifs is 1. The molecule has 0 unspecified atom stereocenters. The maximum Gasteiger partial charge on any atom is 0.0918 e. The molecule has 3 nitrogen and oxygen atoms in total. The number of pyridine rings is 1. The first kappa shape index (κ1) is 9.12. The van der Waals surface area contributed by atoms with E-state index in [0.29, 0.717) is 0 Å². The van der Waals surface area contributed by atoms with Gasteiger partial charge in [0, 0.05) is 24.3 Å². The van der Waals surface area contributed by atoms with E-state index in [1.165, 1.54) is 0 Å². The van der Waals surface area contributed by atoms with Crippen molar-refractivity contribution in [3.05, 3.63) is 42.2 Å². The fourth-order valence-electron chi connectivity index (χ4n) is 1.57. The second kappa shape index (κ2) is 3.74. The molecule has 0 amide bonds. The van der Waals surface area contributed by atoms with Gasteiger partial charge in [0.05, 0.1) is 6.10 Å². The first-order valence-electron chi connectivity index (χ1n) is 4.53. The van der Waals surface area contributed by atoms with Gasteiger partial charge in [-0.05, 0) is 17.0 Å². The van der Waals surface area contributed by atoms with Crippen molar-refractivity contribution in [2.24, 2.45) is 5.73 Å². The van der Waals surface area contributed by atoms with E-state index >= 15 is 0 Å². The van der Waals surface area contributed by atoms with Crippen LogP contribution in [0.25, 0.3) is 10.8 Å². The summed E-state index contributed by atoms with van der Waals surface area (Å²) in [5.74, 6) is 0. The summed E-state index contributed by atoms with van der Waals surface area (Å²) in [4.78, 5) is 4.03. The molecule has 0 bridgehead atoms. The van der Waals surface area contributed by atoms with Gasteiger partial charge < -0.3 is 10.8 Å². The highest BCUT2D eigenvalue weighted by atomic mass is 16.3. The van der Waals surface area contributed by atoms with Crippen LogP contribution in [0, 0.1) is 0 Å². The predicted molar refractivity (Wildman–Crippen MR) is 55.8 cm³/mol. The molecule has 1 atom stereocenters. The summed E-state index contributed by atoms with van der Waals surface area (Å²) in [6.45, 7) is 0.238. The summed E-state index contributed by atoms with van der Waals surface area (Å²) in [7, 11) is 0. The molecule has 1 heterocycles. The molecule has 0 saturated heterocycles. The van der Waals surface area contributed by atoms with Gasteiger partial charge >= 0.3 is 0 Å². The Hall–Kier alpha value is -1.45. The average Bonchev–Trinajstić information content (AvgIpc) is 2.27. The number of aliphatic hydroxyl groups is 1. The quantitative estimate of drug-likeness (QED) is 0.745. The van der Waals surface area contributed by atoms with Crippen molar-refractivity contribution in [3.63, 3.8) is 0 Å². The zero-order chi connectivity index (χ0) is 9.97. The van der Waals surface area contributed by atoms with Crippen molar-refractivity contribution in [3.8, 4) is 0 Å². The summed E-state index contributed by atoms with van der Waals surface area (Å²) in [5.41, 5.74) is 6.30. The van der Waals surface area contributed by atoms with Crippen molar-refractivity contribution in [2.45, 2.75) is 6.10 Å². The van der Waals surface area contributed by atoms with Crippen molar-refractivity contribution in [1.29, 1.82) is 0 Å². The van der Waals surface area contributed by atoms with Crippen molar-refractivity contribution in [2.75, 3.05) is 6.54 Å². The molecule has 0 fully saturated rings. The largest absolute Gasteiger partial charge is 0.387 e. The van der Waals surface area contributed by atoms with Gasteiger partial charge in [-0.3, -0.25) is 4.98 Å². The lowest BCUT2D eigenvalue weighted by Crippen LogP contribution is -2.11. The maximum absolute atomic E-state index is 9.68. The van der Waals surface area contributed by atoms with Crippen LogP contribution in [0.1, 0.15) is 11.7 Å². The lowest BCUT2D eigenvalue weighted by molar-refractivity contribution is 0.188. The van der Waals surface area contributed by atoms with E-state index in [1.54, 1.807) is 12.4 Å². The van der Waals surface area contributed by atoms with Gasteiger partial charge in [-0.25, -0.2) is 0 Å².